The lowest BCUT2D eigenvalue weighted by Crippen LogP contribution is -2.41. The molecule has 0 saturated heterocycles. The second-order valence-corrected chi connectivity index (χ2v) is 8.83. The first-order valence-corrected chi connectivity index (χ1v) is 11.7. The van der Waals surface area contributed by atoms with Crippen LogP contribution in [0.2, 0.25) is 0 Å². The average molecular weight is 492 g/mol. The minimum atomic E-state index is -0.650. The Morgan fingerprint density at radius 1 is 1.03 bits per heavy atom. The number of amides is 1. The Kier molecular flexibility index (Phi) is 6.53. The molecule has 35 heavy (non-hydrogen) atoms. The summed E-state index contributed by atoms with van der Waals surface area (Å²) in [6.45, 7) is 0.187. The maximum Gasteiger partial charge on any atom is 0.240 e. The Labute approximate surface area is 205 Å². The smallest absolute Gasteiger partial charge is 0.240 e. The Bertz CT molecular complexity index is 1320. The van der Waals surface area contributed by atoms with Crippen molar-refractivity contribution in [1.29, 1.82) is 0 Å². The monoisotopic (exact) mass is 491 g/mol. The lowest BCUT2D eigenvalue weighted by Gasteiger charge is -2.33. The second-order valence-electron chi connectivity index (χ2n) is 7.72. The second kappa shape index (κ2) is 10.1. The number of hydrogen-bond acceptors (Lipinski definition) is 7. The van der Waals surface area contributed by atoms with E-state index in [2.05, 4.69) is 20.9 Å². The number of ether oxygens (including phenoxy) is 2. The van der Waals surface area contributed by atoms with Gasteiger partial charge in [0.15, 0.2) is 5.82 Å². The molecule has 0 unspecified atom stereocenters. The molecule has 1 aliphatic heterocycles. The fraction of sp³-hybridized carbons (Fsp3) is 0.160. The highest BCUT2D eigenvalue weighted by atomic mass is 32.2. The molecule has 8 nitrogen and oxygen atoms in total. The molecular formula is C25H22FN5O3S. The molecule has 10 heteroatoms. The number of hydrogen-bond donors (Lipinski definition) is 2. The van der Waals surface area contributed by atoms with Crippen LogP contribution in [0.4, 0.5) is 10.1 Å². The molecule has 2 heterocycles. The lowest BCUT2D eigenvalue weighted by atomic mass is 10.0. The highest BCUT2D eigenvalue weighted by Crippen LogP contribution is 2.38. The van der Waals surface area contributed by atoms with Gasteiger partial charge in [-0.2, -0.15) is 0 Å². The third-order valence-electron chi connectivity index (χ3n) is 5.48. The first kappa shape index (κ1) is 22.7. The van der Waals surface area contributed by atoms with E-state index in [0.717, 1.165) is 5.56 Å². The van der Waals surface area contributed by atoms with Gasteiger partial charge < -0.3 is 20.2 Å². The van der Waals surface area contributed by atoms with E-state index >= 15 is 0 Å². The summed E-state index contributed by atoms with van der Waals surface area (Å²) in [5.41, 5.74) is 4.33. The summed E-state index contributed by atoms with van der Waals surface area (Å²) >= 11 is 1.25. The van der Waals surface area contributed by atoms with Crippen molar-refractivity contribution in [3.05, 3.63) is 96.1 Å². The maximum absolute atomic E-state index is 14.2. The molecule has 2 N–H and O–H groups in total. The predicted molar refractivity (Wildman–Crippen MR) is 131 cm³/mol. The highest BCUT2D eigenvalue weighted by Gasteiger charge is 2.38. The van der Waals surface area contributed by atoms with Gasteiger partial charge in [-0.1, -0.05) is 54.2 Å². The van der Waals surface area contributed by atoms with Gasteiger partial charge in [0.05, 0.1) is 18.8 Å². The van der Waals surface area contributed by atoms with Crippen LogP contribution >= 0.6 is 11.8 Å². The fourth-order valence-corrected chi connectivity index (χ4v) is 4.78. The largest absolute Gasteiger partial charge is 0.497 e. The summed E-state index contributed by atoms with van der Waals surface area (Å²) in [4.78, 5) is 13.3. The third kappa shape index (κ3) is 4.92. The number of nitrogens with one attached hydrogen (secondary N) is 2. The molecule has 1 aromatic heterocycles. The number of rotatable bonds is 7. The maximum atomic E-state index is 14.2. The molecule has 5 rings (SSSR count). The van der Waals surface area contributed by atoms with Crippen LogP contribution in [0.5, 0.6) is 11.5 Å². The van der Waals surface area contributed by atoms with Crippen molar-refractivity contribution in [2.75, 3.05) is 17.9 Å². The number of thioether (sulfide) groups is 1. The van der Waals surface area contributed by atoms with Gasteiger partial charge >= 0.3 is 0 Å². The van der Waals surface area contributed by atoms with Gasteiger partial charge in [-0.25, -0.2) is 9.07 Å². The van der Waals surface area contributed by atoms with Crippen LogP contribution in [0.25, 0.3) is 0 Å². The Morgan fingerprint density at radius 2 is 1.77 bits per heavy atom. The van der Waals surface area contributed by atoms with Gasteiger partial charge in [-0.3, -0.25) is 4.79 Å². The molecular weight excluding hydrogens is 469 g/mol. The van der Waals surface area contributed by atoms with Crippen molar-refractivity contribution < 1.29 is 18.7 Å². The van der Waals surface area contributed by atoms with Crippen LogP contribution in [-0.4, -0.2) is 33.1 Å². The molecule has 178 valence electrons. The zero-order valence-corrected chi connectivity index (χ0v) is 19.5. The number of carbonyl (C=O) groups is 1. The predicted octanol–water partition coefficient (Wildman–Crippen LogP) is 4.40. The van der Waals surface area contributed by atoms with Crippen LogP contribution < -0.4 is 20.2 Å². The van der Waals surface area contributed by atoms with Gasteiger partial charge in [0.2, 0.25) is 11.1 Å². The first-order valence-electron chi connectivity index (χ1n) is 10.9. The minimum Gasteiger partial charge on any atom is -0.497 e. The molecule has 3 aromatic carbocycles. The standard InChI is InChI=1S/C25H22FN5O3S/c1-33-17-13-11-16(12-14-17)22-23(24(32)27-20-10-6-5-9-19(20)26)35-25-29-28-21(31(25)30-22)15-34-18-7-3-2-4-8-18/h2-14,22-23,30H,15H2,1H3,(H,27,32)/t22-,23+/m1/s1. The van der Waals surface area contributed by atoms with Crippen LogP contribution in [-0.2, 0) is 11.4 Å². The van der Waals surface area contributed by atoms with Crippen molar-refractivity contribution >= 4 is 23.4 Å². The van der Waals surface area contributed by atoms with Crippen LogP contribution in [0.1, 0.15) is 17.4 Å². The zero-order chi connectivity index (χ0) is 24.2. The Hall–Kier alpha value is -4.05. The van der Waals surface area contributed by atoms with Gasteiger partial charge in [-0.05, 0) is 42.0 Å². The van der Waals surface area contributed by atoms with E-state index in [4.69, 9.17) is 9.47 Å². The van der Waals surface area contributed by atoms with E-state index < -0.39 is 17.1 Å². The summed E-state index contributed by atoms with van der Waals surface area (Å²) in [6.07, 6.45) is 0. The van der Waals surface area contributed by atoms with E-state index in [-0.39, 0.29) is 18.2 Å². The summed E-state index contributed by atoms with van der Waals surface area (Å²) in [5, 5.41) is 11.1. The normalized spacial score (nSPS) is 16.6. The molecule has 0 radical (unpaired) electrons. The first-order chi connectivity index (χ1) is 17.1. The van der Waals surface area contributed by atoms with E-state index in [1.165, 1.54) is 23.9 Å². The van der Waals surface area contributed by atoms with Crippen molar-refractivity contribution in [1.82, 2.24) is 14.9 Å². The number of carbonyl (C=O) groups excluding carboxylic acids is 1. The van der Waals surface area contributed by atoms with Gasteiger partial charge in [-0.15, -0.1) is 10.2 Å². The summed E-state index contributed by atoms with van der Waals surface area (Å²) in [5.74, 6) is 1.11. The molecule has 0 aliphatic carbocycles. The van der Waals surface area contributed by atoms with Crippen molar-refractivity contribution in [3.8, 4) is 11.5 Å². The summed E-state index contributed by atoms with van der Waals surface area (Å²) < 4.78 is 27.0. The molecule has 1 aliphatic rings. The topological polar surface area (TPSA) is 90.3 Å². The summed E-state index contributed by atoms with van der Waals surface area (Å²) in [6, 6.07) is 22.4. The van der Waals surface area contributed by atoms with Crippen molar-refractivity contribution in [3.63, 3.8) is 0 Å². The number of aromatic nitrogens is 3. The number of para-hydroxylation sites is 2. The van der Waals surface area contributed by atoms with Gasteiger partial charge in [0, 0.05) is 0 Å². The van der Waals surface area contributed by atoms with E-state index in [1.54, 1.807) is 23.9 Å². The molecule has 0 saturated carbocycles. The Morgan fingerprint density at radius 3 is 2.51 bits per heavy atom. The quantitative estimate of drug-likeness (QED) is 0.396. The third-order valence-corrected chi connectivity index (χ3v) is 6.70. The van der Waals surface area contributed by atoms with Crippen molar-refractivity contribution in [2.45, 2.75) is 23.1 Å². The van der Waals surface area contributed by atoms with E-state index in [9.17, 15) is 9.18 Å². The number of fused-ring (bicyclic) bond motifs is 1. The van der Waals surface area contributed by atoms with Crippen LogP contribution in [0.15, 0.2) is 84.0 Å². The van der Waals surface area contributed by atoms with Gasteiger partial charge in [0.1, 0.15) is 29.2 Å². The fourth-order valence-electron chi connectivity index (χ4n) is 3.68. The molecule has 0 bridgehead atoms. The SMILES string of the molecule is COc1ccc([C@H]2Nn3c(COc4ccccc4)nnc3S[C@@H]2C(=O)Nc2ccccc2F)cc1. The number of nitrogens with zero attached hydrogens (tertiary/aromatic N) is 3. The average Bonchev–Trinajstić information content (AvgIpc) is 3.30. The number of benzene rings is 3. The number of anilines is 1. The Balaban J connectivity index is 1.43. The number of methoxy groups -OCH3 is 1. The molecule has 0 spiro atoms. The molecule has 4 aromatic rings. The number of halogens is 1. The van der Waals surface area contributed by atoms with Crippen LogP contribution in [0, 0.1) is 5.82 Å². The highest BCUT2D eigenvalue weighted by molar-refractivity contribution is 8.00. The molecule has 0 fully saturated rings. The summed E-state index contributed by atoms with van der Waals surface area (Å²) in [7, 11) is 1.59. The zero-order valence-electron chi connectivity index (χ0n) is 18.7. The molecule has 2 atom stereocenters. The van der Waals surface area contributed by atoms with E-state index in [0.29, 0.717) is 22.5 Å². The van der Waals surface area contributed by atoms with Crippen molar-refractivity contribution in [2.24, 2.45) is 0 Å². The molecule has 1 amide bonds. The minimum absolute atomic E-state index is 0.121. The van der Waals surface area contributed by atoms with E-state index in [1.807, 2.05) is 54.6 Å². The van der Waals surface area contributed by atoms with Gasteiger partial charge in [0.25, 0.3) is 0 Å². The lowest BCUT2D eigenvalue weighted by molar-refractivity contribution is -0.116. The van der Waals surface area contributed by atoms with Crippen LogP contribution in [0.3, 0.4) is 0 Å².